The number of aryl methyl sites for hydroxylation is 4. The average Bonchev–Trinajstić information content (AvgIpc) is 3.00. The van der Waals surface area contributed by atoms with E-state index < -0.39 is 12.6 Å². The molecule has 8 nitrogen and oxygen atoms in total. The van der Waals surface area contributed by atoms with E-state index in [-0.39, 0.29) is 17.0 Å². The number of benzene rings is 2. The van der Waals surface area contributed by atoms with Crippen molar-refractivity contribution in [2.45, 2.75) is 19.8 Å². The zero-order valence-electron chi connectivity index (χ0n) is 18.3. The van der Waals surface area contributed by atoms with Gasteiger partial charge in [-0.1, -0.05) is 36.4 Å². The van der Waals surface area contributed by atoms with Crippen LogP contribution in [0.15, 0.2) is 59.4 Å². The molecule has 166 valence electrons. The minimum Gasteiger partial charge on any atom is -0.451 e. The topological polar surface area (TPSA) is 97.3 Å². The Balaban J connectivity index is 1.43. The molecule has 1 N–H and O–H groups in total. The minimum absolute atomic E-state index is 0.0278. The largest absolute Gasteiger partial charge is 0.451 e. The number of hydrogen-bond donors (Lipinski definition) is 1. The molecule has 5 rings (SSSR count). The summed E-state index contributed by atoms with van der Waals surface area (Å²) in [6.07, 6.45) is 1.62. The van der Waals surface area contributed by atoms with Gasteiger partial charge in [-0.05, 0) is 43.0 Å². The Hall–Kier alpha value is -4.20. The van der Waals surface area contributed by atoms with Gasteiger partial charge in [-0.15, -0.1) is 0 Å². The first kappa shape index (κ1) is 20.7. The highest BCUT2D eigenvalue weighted by Crippen LogP contribution is 2.36. The molecule has 0 unspecified atom stereocenters. The summed E-state index contributed by atoms with van der Waals surface area (Å²) in [6, 6.07) is 16.6. The number of aromatic nitrogens is 3. The molecule has 2 aromatic heterocycles. The zero-order valence-corrected chi connectivity index (χ0v) is 18.3. The molecular weight excluding hydrogens is 420 g/mol. The number of aromatic amines is 1. The van der Waals surface area contributed by atoms with Crippen LogP contribution >= 0.6 is 0 Å². The van der Waals surface area contributed by atoms with E-state index in [1.807, 2.05) is 48.5 Å². The molecule has 0 saturated carbocycles. The van der Waals surface area contributed by atoms with Crippen molar-refractivity contribution < 1.29 is 14.3 Å². The van der Waals surface area contributed by atoms with Crippen molar-refractivity contribution in [2.24, 2.45) is 7.05 Å². The van der Waals surface area contributed by atoms with Crippen molar-refractivity contribution in [3.8, 4) is 0 Å². The maximum atomic E-state index is 13.3. The number of fused-ring (bicyclic) bond motifs is 3. The number of para-hydroxylation sites is 2. The number of amides is 1. The van der Waals surface area contributed by atoms with Gasteiger partial charge in [0.05, 0.1) is 22.5 Å². The number of nitrogens with zero attached hydrogens (tertiary/aromatic N) is 3. The summed E-state index contributed by atoms with van der Waals surface area (Å²) in [5, 5.41) is 4.63. The van der Waals surface area contributed by atoms with Gasteiger partial charge in [0, 0.05) is 13.1 Å². The van der Waals surface area contributed by atoms with E-state index in [2.05, 4.69) is 10.1 Å². The highest BCUT2D eigenvalue weighted by molar-refractivity contribution is 6.04. The molecule has 3 heterocycles. The van der Waals surface area contributed by atoms with Gasteiger partial charge >= 0.3 is 5.97 Å². The summed E-state index contributed by atoms with van der Waals surface area (Å²) in [4.78, 5) is 43.0. The van der Waals surface area contributed by atoms with Crippen molar-refractivity contribution in [3.05, 3.63) is 87.3 Å². The molecule has 0 spiro atoms. The number of ether oxygens (including phenoxy) is 1. The van der Waals surface area contributed by atoms with Crippen LogP contribution in [0.3, 0.4) is 0 Å². The lowest BCUT2D eigenvalue weighted by atomic mass is 10.0. The van der Waals surface area contributed by atoms with Crippen LogP contribution in [0.4, 0.5) is 11.4 Å². The van der Waals surface area contributed by atoms with Gasteiger partial charge in [0.25, 0.3) is 5.91 Å². The summed E-state index contributed by atoms with van der Waals surface area (Å²) < 4.78 is 6.83. The molecule has 1 amide bonds. The second-order valence-electron chi connectivity index (χ2n) is 8.04. The van der Waals surface area contributed by atoms with Crippen LogP contribution in [-0.4, -0.2) is 33.2 Å². The number of hydrogen-bond acceptors (Lipinski definition) is 5. The molecule has 0 saturated heterocycles. The molecule has 1 aliphatic rings. The number of carbonyl (C=O) groups excluding carboxylic acids is 2. The number of rotatable bonds is 3. The standard InChI is InChI=1S/C25H22N4O4/c1-15-23-21(30)13-18(26-24(23)28(2)27-15)25(32)33-14-22(31)29-19-9-5-3-7-16(19)11-12-17-8-4-6-10-20(17)29/h3-10,13H,11-12,14H2,1-2H3,(H,26,30). The second kappa shape index (κ2) is 8.05. The van der Waals surface area contributed by atoms with Crippen LogP contribution < -0.4 is 10.3 Å². The molecule has 0 atom stereocenters. The predicted molar refractivity (Wildman–Crippen MR) is 124 cm³/mol. The van der Waals surface area contributed by atoms with Crippen LogP contribution in [0.5, 0.6) is 0 Å². The van der Waals surface area contributed by atoms with Crippen molar-refractivity contribution in [1.82, 2.24) is 14.8 Å². The summed E-state index contributed by atoms with van der Waals surface area (Å²) in [5.74, 6) is -1.15. The molecular formula is C25H22N4O4. The van der Waals surface area contributed by atoms with Crippen molar-refractivity contribution in [3.63, 3.8) is 0 Å². The molecule has 33 heavy (non-hydrogen) atoms. The number of esters is 1. The van der Waals surface area contributed by atoms with E-state index in [1.54, 1.807) is 18.9 Å². The van der Waals surface area contributed by atoms with Gasteiger partial charge in [-0.25, -0.2) is 4.79 Å². The number of nitrogens with one attached hydrogen (secondary N) is 1. The minimum atomic E-state index is -0.780. The fourth-order valence-electron chi connectivity index (χ4n) is 4.39. The first-order valence-corrected chi connectivity index (χ1v) is 10.7. The monoisotopic (exact) mass is 442 g/mol. The lowest BCUT2D eigenvalue weighted by molar-refractivity contribution is -0.121. The summed E-state index contributed by atoms with van der Waals surface area (Å²) in [7, 11) is 1.68. The maximum Gasteiger partial charge on any atom is 0.355 e. The van der Waals surface area contributed by atoms with Gasteiger partial charge in [-0.2, -0.15) is 5.10 Å². The van der Waals surface area contributed by atoms with E-state index in [0.717, 1.165) is 35.3 Å². The van der Waals surface area contributed by atoms with Crippen LogP contribution in [-0.2, 0) is 29.4 Å². The molecule has 0 bridgehead atoms. The number of carbonyl (C=O) groups is 2. The fourth-order valence-corrected chi connectivity index (χ4v) is 4.39. The molecule has 1 aliphatic heterocycles. The molecule has 8 heteroatoms. The molecule has 2 aromatic carbocycles. The third-order valence-electron chi connectivity index (χ3n) is 5.92. The van der Waals surface area contributed by atoms with Crippen LogP contribution in [0.2, 0.25) is 0 Å². The Morgan fingerprint density at radius 1 is 1.03 bits per heavy atom. The van der Waals surface area contributed by atoms with Crippen molar-refractivity contribution in [2.75, 3.05) is 11.5 Å². The molecule has 4 aromatic rings. The van der Waals surface area contributed by atoms with Gasteiger partial charge in [0.1, 0.15) is 11.3 Å². The highest BCUT2D eigenvalue weighted by Gasteiger charge is 2.26. The summed E-state index contributed by atoms with van der Waals surface area (Å²) in [5.41, 5.74) is 4.30. The van der Waals surface area contributed by atoms with E-state index in [9.17, 15) is 14.4 Å². The maximum absolute atomic E-state index is 13.3. The molecule has 0 radical (unpaired) electrons. The third kappa shape index (κ3) is 3.59. The number of anilines is 2. The Kier molecular flexibility index (Phi) is 5.05. The van der Waals surface area contributed by atoms with Gasteiger partial charge in [0.15, 0.2) is 12.0 Å². The molecule has 0 aliphatic carbocycles. The fraction of sp³-hybridized carbons (Fsp3) is 0.200. The molecule has 0 fully saturated rings. The lowest BCUT2D eigenvalue weighted by Gasteiger charge is -2.24. The van der Waals surface area contributed by atoms with Crippen LogP contribution in [0.1, 0.15) is 27.3 Å². The van der Waals surface area contributed by atoms with Gasteiger partial charge in [0.2, 0.25) is 0 Å². The SMILES string of the molecule is Cc1nn(C)c2[nH]c(C(=O)OCC(=O)N3c4ccccc4CCc4ccccc43)cc(=O)c12. The summed E-state index contributed by atoms with van der Waals surface area (Å²) >= 11 is 0. The smallest absolute Gasteiger partial charge is 0.355 e. The average molecular weight is 442 g/mol. The van der Waals surface area contributed by atoms with Gasteiger partial charge < -0.3 is 9.72 Å². The first-order valence-electron chi connectivity index (χ1n) is 10.7. The van der Waals surface area contributed by atoms with E-state index in [4.69, 9.17) is 4.74 Å². The normalized spacial score (nSPS) is 12.7. The Morgan fingerprint density at radius 2 is 1.64 bits per heavy atom. The van der Waals surface area contributed by atoms with Gasteiger partial charge in [-0.3, -0.25) is 19.2 Å². The first-order chi connectivity index (χ1) is 15.9. The quantitative estimate of drug-likeness (QED) is 0.492. The van der Waals surface area contributed by atoms with E-state index >= 15 is 0 Å². The van der Waals surface area contributed by atoms with Crippen molar-refractivity contribution in [1.29, 1.82) is 0 Å². The third-order valence-corrected chi connectivity index (χ3v) is 5.92. The number of H-pyrrole nitrogens is 1. The zero-order chi connectivity index (χ0) is 23.1. The van der Waals surface area contributed by atoms with Crippen molar-refractivity contribution >= 4 is 34.3 Å². The Morgan fingerprint density at radius 3 is 2.27 bits per heavy atom. The van der Waals surface area contributed by atoms with E-state index in [0.29, 0.717) is 16.7 Å². The Labute approximate surface area is 189 Å². The second-order valence-corrected chi connectivity index (χ2v) is 8.04. The number of pyridine rings is 1. The summed E-state index contributed by atoms with van der Waals surface area (Å²) in [6.45, 7) is 1.26. The highest BCUT2D eigenvalue weighted by atomic mass is 16.5. The van der Waals surface area contributed by atoms with Crippen LogP contribution in [0, 0.1) is 6.92 Å². The van der Waals surface area contributed by atoms with Crippen LogP contribution in [0.25, 0.3) is 11.0 Å². The lowest BCUT2D eigenvalue weighted by Crippen LogP contribution is -2.31. The Bertz CT molecular complexity index is 1420. The predicted octanol–water partition coefficient (Wildman–Crippen LogP) is 3.19. The van der Waals surface area contributed by atoms with E-state index in [1.165, 1.54) is 10.7 Å².